The van der Waals surface area contributed by atoms with Crippen LogP contribution in [-0.4, -0.2) is 35.7 Å². The summed E-state index contributed by atoms with van der Waals surface area (Å²) in [6.45, 7) is 1.81. The molecule has 28 heavy (non-hydrogen) atoms. The average Bonchev–Trinajstić information content (AvgIpc) is 3.30. The van der Waals surface area contributed by atoms with Gasteiger partial charge in [0, 0.05) is 18.1 Å². The predicted molar refractivity (Wildman–Crippen MR) is 100 cm³/mol. The first kappa shape index (κ1) is 18.3. The van der Waals surface area contributed by atoms with E-state index in [2.05, 4.69) is 10.3 Å². The number of halogens is 1. The summed E-state index contributed by atoms with van der Waals surface area (Å²) in [5.41, 5.74) is 2.42. The largest absolute Gasteiger partial charge is 0.462 e. The number of hydrogen-bond acceptors (Lipinski definition) is 5. The van der Waals surface area contributed by atoms with E-state index in [9.17, 15) is 14.0 Å². The van der Waals surface area contributed by atoms with Gasteiger partial charge in [-0.2, -0.15) is 0 Å². The van der Waals surface area contributed by atoms with Crippen molar-refractivity contribution < 1.29 is 23.5 Å². The molecule has 2 atom stereocenters. The zero-order valence-electron chi connectivity index (χ0n) is 15.3. The number of benzene rings is 1. The van der Waals surface area contributed by atoms with Crippen LogP contribution in [0.25, 0.3) is 5.57 Å². The van der Waals surface area contributed by atoms with E-state index < -0.39 is 11.8 Å². The van der Waals surface area contributed by atoms with Gasteiger partial charge in [-0.1, -0.05) is 0 Å². The molecule has 0 radical (unpaired) electrons. The van der Waals surface area contributed by atoms with Crippen molar-refractivity contribution >= 4 is 23.1 Å². The first-order valence-corrected chi connectivity index (χ1v) is 9.16. The van der Waals surface area contributed by atoms with Crippen molar-refractivity contribution in [1.82, 2.24) is 4.98 Å². The highest BCUT2D eigenvalue weighted by atomic mass is 19.1. The number of fused-ring (bicyclic) bond motifs is 2. The molecule has 2 aliphatic rings. The molecule has 1 N–H and O–H groups in total. The summed E-state index contributed by atoms with van der Waals surface area (Å²) in [5.74, 6) is -1.81. The molecular formula is C21H19FN2O4. The molecule has 2 bridgehead atoms. The number of nitrogens with zero attached hydrogens (tertiary/aromatic N) is 1. The van der Waals surface area contributed by atoms with Crippen LogP contribution in [0.3, 0.4) is 0 Å². The second-order valence-electron chi connectivity index (χ2n) is 6.62. The third-order valence-corrected chi connectivity index (χ3v) is 4.91. The molecule has 1 aromatic heterocycles. The fourth-order valence-electron chi connectivity index (χ4n) is 3.72. The number of rotatable bonds is 5. The smallest absolute Gasteiger partial charge is 0.341 e. The fourth-order valence-corrected chi connectivity index (χ4v) is 3.72. The molecule has 3 heterocycles. The lowest BCUT2D eigenvalue weighted by Crippen LogP contribution is -2.23. The van der Waals surface area contributed by atoms with E-state index in [0.717, 1.165) is 30.0 Å². The lowest BCUT2D eigenvalue weighted by Gasteiger charge is -2.17. The minimum atomic E-state index is -0.747. The summed E-state index contributed by atoms with van der Waals surface area (Å²) in [4.78, 5) is 28.7. The highest BCUT2D eigenvalue weighted by Crippen LogP contribution is 2.44. The van der Waals surface area contributed by atoms with Crippen LogP contribution in [0.15, 0.2) is 48.3 Å². The van der Waals surface area contributed by atoms with Crippen molar-refractivity contribution in [3.8, 4) is 0 Å². The number of aromatic nitrogens is 1. The Balaban J connectivity index is 1.60. The SMILES string of the molecule is CCOC(=O)c1ccc(NC(=O)C2=C(c3ccncc3)[C@@H]3CC[C@@H]2O3)cc1F. The number of anilines is 1. The van der Waals surface area contributed by atoms with E-state index >= 15 is 0 Å². The molecule has 7 heteroatoms. The fraction of sp³-hybridized carbons (Fsp3) is 0.286. The van der Waals surface area contributed by atoms with Gasteiger partial charge in [0.1, 0.15) is 5.82 Å². The van der Waals surface area contributed by atoms with Gasteiger partial charge in [-0.25, -0.2) is 9.18 Å². The minimum absolute atomic E-state index is 0.115. The Morgan fingerprint density at radius 1 is 1.21 bits per heavy atom. The van der Waals surface area contributed by atoms with E-state index in [1.807, 2.05) is 12.1 Å². The summed E-state index contributed by atoms with van der Waals surface area (Å²) in [7, 11) is 0. The van der Waals surface area contributed by atoms with Crippen LogP contribution in [0.5, 0.6) is 0 Å². The first-order chi connectivity index (χ1) is 13.6. The minimum Gasteiger partial charge on any atom is -0.462 e. The number of carbonyl (C=O) groups excluding carboxylic acids is 2. The standard InChI is InChI=1S/C21H19FN2O4/c1-2-27-21(26)14-4-3-13(11-15(14)22)24-20(25)19-17-6-5-16(28-17)18(19)12-7-9-23-10-8-12/h3-4,7-11,16-17H,2,5-6H2,1H3,(H,24,25)/t16-,17-/m0/s1. The molecule has 6 nitrogen and oxygen atoms in total. The Labute approximate surface area is 161 Å². The lowest BCUT2D eigenvalue weighted by molar-refractivity contribution is -0.113. The first-order valence-electron chi connectivity index (χ1n) is 9.16. The molecule has 1 amide bonds. The number of hydrogen-bond donors (Lipinski definition) is 1. The number of carbonyl (C=O) groups is 2. The molecule has 0 aliphatic carbocycles. The van der Waals surface area contributed by atoms with Gasteiger partial charge in [0.05, 0.1) is 30.0 Å². The summed E-state index contributed by atoms with van der Waals surface area (Å²) in [6.07, 6.45) is 4.61. The number of pyridine rings is 1. The van der Waals surface area contributed by atoms with Crippen LogP contribution < -0.4 is 5.32 Å². The number of nitrogens with one attached hydrogen (secondary N) is 1. The van der Waals surface area contributed by atoms with Crippen LogP contribution in [0, 0.1) is 5.82 Å². The van der Waals surface area contributed by atoms with Gasteiger partial charge < -0.3 is 14.8 Å². The molecule has 2 aliphatic heterocycles. The van der Waals surface area contributed by atoms with Crippen molar-refractivity contribution in [2.75, 3.05) is 11.9 Å². The number of esters is 1. The maximum Gasteiger partial charge on any atom is 0.341 e. The van der Waals surface area contributed by atoms with Gasteiger partial charge >= 0.3 is 5.97 Å². The summed E-state index contributed by atoms with van der Waals surface area (Å²) < 4.78 is 25.0. The van der Waals surface area contributed by atoms with E-state index in [1.54, 1.807) is 19.3 Å². The van der Waals surface area contributed by atoms with Gasteiger partial charge in [-0.3, -0.25) is 9.78 Å². The molecular weight excluding hydrogens is 363 g/mol. The van der Waals surface area contributed by atoms with Crippen LogP contribution >= 0.6 is 0 Å². The van der Waals surface area contributed by atoms with Crippen molar-refractivity contribution in [1.29, 1.82) is 0 Å². The number of amides is 1. The van der Waals surface area contributed by atoms with Gasteiger partial charge in [0.15, 0.2) is 0 Å². The second-order valence-corrected chi connectivity index (χ2v) is 6.62. The van der Waals surface area contributed by atoms with Crippen LogP contribution in [0.2, 0.25) is 0 Å². The second kappa shape index (κ2) is 7.52. The maximum absolute atomic E-state index is 14.2. The van der Waals surface area contributed by atoms with Crippen molar-refractivity contribution in [3.63, 3.8) is 0 Å². The summed E-state index contributed by atoms with van der Waals surface area (Å²) in [6, 6.07) is 7.60. The lowest BCUT2D eigenvalue weighted by atomic mass is 9.87. The zero-order chi connectivity index (χ0) is 19.7. The van der Waals surface area contributed by atoms with Gasteiger partial charge in [0.25, 0.3) is 5.91 Å². The summed E-state index contributed by atoms with van der Waals surface area (Å²) >= 11 is 0. The highest BCUT2D eigenvalue weighted by molar-refractivity contribution is 6.11. The zero-order valence-corrected chi connectivity index (χ0v) is 15.3. The topological polar surface area (TPSA) is 77.5 Å². The molecule has 4 rings (SSSR count). The van der Waals surface area contributed by atoms with Crippen molar-refractivity contribution in [2.45, 2.75) is 32.0 Å². The van der Waals surface area contributed by atoms with Crippen LogP contribution in [-0.2, 0) is 14.3 Å². The average molecular weight is 382 g/mol. The third kappa shape index (κ3) is 3.29. The highest BCUT2D eigenvalue weighted by Gasteiger charge is 2.43. The van der Waals surface area contributed by atoms with E-state index in [-0.39, 0.29) is 36.0 Å². The van der Waals surface area contributed by atoms with E-state index in [1.165, 1.54) is 12.1 Å². The van der Waals surface area contributed by atoms with Gasteiger partial charge in [0.2, 0.25) is 0 Å². The van der Waals surface area contributed by atoms with Crippen molar-refractivity contribution in [3.05, 3.63) is 65.2 Å². The Kier molecular flexibility index (Phi) is 4.92. The maximum atomic E-state index is 14.2. The molecule has 2 aromatic rings. The molecule has 0 saturated carbocycles. The quantitative estimate of drug-likeness (QED) is 0.803. The predicted octanol–water partition coefficient (Wildman–Crippen LogP) is 3.35. The van der Waals surface area contributed by atoms with Crippen LogP contribution in [0.4, 0.5) is 10.1 Å². The van der Waals surface area contributed by atoms with Gasteiger partial charge in [-0.15, -0.1) is 0 Å². The molecule has 144 valence electrons. The molecule has 0 unspecified atom stereocenters. The van der Waals surface area contributed by atoms with Crippen LogP contribution in [0.1, 0.15) is 35.7 Å². The molecule has 1 saturated heterocycles. The third-order valence-electron chi connectivity index (χ3n) is 4.91. The molecule has 0 spiro atoms. The number of ether oxygens (including phenoxy) is 2. The molecule has 1 aromatic carbocycles. The van der Waals surface area contributed by atoms with Gasteiger partial charge in [-0.05, 0) is 61.2 Å². The molecule has 1 fully saturated rings. The summed E-state index contributed by atoms with van der Waals surface area (Å²) in [5, 5.41) is 2.72. The Morgan fingerprint density at radius 2 is 1.96 bits per heavy atom. The van der Waals surface area contributed by atoms with E-state index in [4.69, 9.17) is 9.47 Å². The van der Waals surface area contributed by atoms with Crippen molar-refractivity contribution in [2.24, 2.45) is 0 Å². The Hall–Kier alpha value is -3.06. The normalized spacial score (nSPS) is 20.4. The Bertz CT molecular complexity index is 958. The Morgan fingerprint density at radius 3 is 2.68 bits per heavy atom. The monoisotopic (exact) mass is 382 g/mol. The van der Waals surface area contributed by atoms with E-state index in [0.29, 0.717) is 5.57 Å².